The van der Waals surface area contributed by atoms with Gasteiger partial charge in [0.25, 0.3) is 0 Å². The van der Waals surface area contributed by atoms with Gasteiger partial charge < -0.3 is 4.74 Å². The lowest BCUT2D eigenvalue weighted by Crippen LogP contribution is -2.07. The van der Waals surface area contributed by atoms with Crippen molar-refractivity contribution >= 4 is 5.97 Å². The average molecular weight is 206 g/mol. The number of aryl methyl sites for hydroxylation is 1. The minimum absolute atomic E-state index is 0.115. The third-order valence-corrected chi connectivity index (χ3v) is 2.51. The molecule has 0 saturated heterocycles. The van der Waals surface area contributed by atoms with E-state index >= 15 is 0 Å². The van der Waals surface area contributed by atoms with Gasteiger partial charge in [-0.1, -0.05) is 37.3 Å². The van der Waals surface area contributed by atoms with Crippen LogP contribution in [0.2, 0.25) is 0 Å². The molecule has 0 spiro atoms. The van der Waals surface area contributed by atoms with Crippen LogP contribution in [0.5, 0.6) is 0 Å². The van der Waals surface area contributed by atoms with Crippen LogP contribution in [-0.4, -0.2) is 13.1 Å². The molecule has 0 aliphatic carbocycles. The molecule has 0 N–H and O–H groups in total. The van der Waals surface area contributed by atoms with Gasteiger partial charge in [-0.05, 0) is 24.3 Å². The number of carbonyl (C=O) groups excluding carboxylic acids is 1. The Bertz CT molecular complexity index is 293. The average Bonchev–Trinajstić information content (AvgIpc) is 2.27. The van der Waals surface area contributed by atoms with Crippen molar-refractivity contribution in [3.05, 3.63) is 35.9 Å². The lowest BCUT2D eigenvalue weighted by atomic mass is 9.98. The number of rotatable bonds is 5. The monoisotopic (exact) mass is 206 g/mol. The minimum atomic E-state index is -0.115. The number of ether oxygens (including phenoxy) is 1. The third kappa shape index (κ3) is 4.63. The summed E-state index contributed by atoms with van der Waals surface area (Å²) in [7, 11) is 1.44. The van der Waals surface area contributed by atoms with E-state index in [1.165, 1.54) is 12.7 Å². The Kier molecular flexibility index (Phi) is 4.88. The number of hydrogen-bond donors (Lipinski definition) is 0. The van der Waals surface area contributed by atoms with Gasteiger partial charge in [-0.25, -0.2) is 0 Å². The molecule has 0 saturated carbocycles. The quantitative estimate of drug-likeness (QED) is 0.692. The lowest BCUT2D eigenvalue weighted by molar-refractivity contribution is -0.141. The highest BCUT2D eigenvalue weighted by Gasteiger charge is 2.08. The molecule has 0 aliphatic heterocycles. The standard InChI is InChI=1S/C13H18O2/c1-11(10-13(14)15-2)8-9-12-6-4-3-5-7-12/h3-7,11H,8-10H2,1-2H3/t11-/m1/s1. The second-order valence-electron chi connectivity index (χ2n) is 3.91. The summed E-state index contributed by atoms with van der Waals surface area (Å²) in [5, 5.41) is 0. The van der Waals surface area contributed by atoms with Gasteiger partial charge in [-0.2, -0.15) is 0 Å². The van der Waals surface area contributed by atoms with Crippen molar-refractivity contribution in [2.24, 2.45) is 5.92 Å². The van der Waals surface area contributed by atoms with E-state index in [1.807, 2.05) is 18.2 Å². The second-order valence-corrected chi connectivity index (χ2v) is 3.91. The van der Waals surface area contributed by atoms with Gasteiger partial charge in [0, 0.05) is 6.42 Å². The molecule has 0 fully saturated rings. The molecule has 0 amide bonds. The molecule has 2 nitrogen and oxygen atoms in total. The van der Waals surface area contributed by atoms with Crippen LogP contribution in [0.4, 0.5) is 0 Å². The van der Waals surface area contributed by atoms with E-state index in [9.17, 15) is 4.79 Å². The molecule has 82 valence electrons. The van der Waals surface area contributed by atoms with E-state index in [2.05, 4.69) is 23.8 Å². The first kappa shape index (κ1) is 11.8. The normalized spacial score (nSPS) is 12.1. The largest absolute Gasteiger partial charge is 0.469 e. The zero-order chi connectivity index (χ0) is 11.1. The summed E-state index contributed by atoms with van der Waals surface area (Å²) in [5.41, 5.74) is 1.33. The summed E-state index contributed by atoms with van der Waals surface area (Å²) in [5.74, 6) is 0.271. The van der Waals surface area contributed by atoms with Crippen LogP contribution in [-0.2, 0) is 16.0 Å². The Labute approximate surface area is 91.3 Å². The van der Waals surface area contributed by atoms with Gasteiger partial charge in [0.15, 0.2) is 0 Å². The maximum Gasteiger partial charge on any atom is 0.305 e. The number of benzene rings is 1. The molecule has 0 bridgehead atoms. The molecule has 0 aliphatic rings. The highest BCUT2D eigenvalue weighted by Crippen LogP contribution is 2.12. The fourth-order valence-electron chi connectivity index (χ4n) is 1.53. The Balaban J connectivity index is 2.28. The molecule has 0 radical (unpaired) electrons. The predicted molar refractivity (Wildman–Crippen MR) is 60.6 cm³/mol. The summed E-state index contributed by atoms with van der Waals surface area (Å²) in [6.45, 7) is 2.08. The summed E-state index contributed by atoms with van der Waals surface area (Å²) in [6.07, 6.45) is 2.57. The van der Waals surface area contributed by atoms with Crippen molar-refractivity contribution in [2.75, 3.05) is 7.11 Å². The van der Waals surface area contributed by atoms with Crippen LogP contribution < -0.4 is 0 Å². The summed E-state index contributed by atoms with van der Waals surface area (Å²) < 4.78 is 4.63. The van der Waals surface area contributed by atoms with Crippen molar-refractivity contribution in [3.63, 3.8) is 0 Å². The highest BCUT2D eigenvalue weighted by atomic mass is 16.5. The molecular formula is C13H18O2. The van der Waals surface area contributed by atoms with Crippen molar-refractivity contribution in [1.82, 2.24) is 0 Å². The Morgan fingerprint density at radius 1 is 1.33 bits per heavy atom. The minimum Gasteiger partial charge on any atom is -0.469 e. The van der Waals surface area contributed by atoms with Crippen LogP contribution in [0.15, 0.2) is 30.3 Å². The summed E-state index contributed by atoms with van der Waals surface area (Å²) in [4.78, 5) is 11.0. The van der Waals surface area contributed by atoms with Crippen LogP contribution in [0.1, 0.15) is 25.3 Å². The molecule has 1 aromatic carbocycles. The maximum atomic E-state index is 11.0. The van der Waals surface area contributed by atoms with Gasteiger partial charge in [-0.3, -0.25) is 4.79 Å². The smallest absolute Gasteiger partial charge is 0.305 e. The second kappa shape index (κ2) is 6.23. The van der Waals surface area contributed by atoms with E-state index in [0.29, 0.717) is 12.3 Å². The number of esters is 1. The molecule has 2 heteroatoms. The van der Waals surface area contributed by atoms with E-state index in [1.54, 1.807) is 0 Å². The number of methoxy groups -OCH3 is 1. The van der Waals surface area contributed by atoms with Crippen molar-refractivity contribution in [3.8, 4) is 0 Å². The van der Waals surface area contributed by atoms with E-state index in [4.69, 9.17) is 0 Å². The van der Waals surface area contributed by atoms with E-state index in [0.717, 1.165) is 12.8 Å². The van der Waals surface area contributed by atoms with Crippen molar-refractivity contribution < 1.29 is 9.53 Å². The van der Waals surface area contributed by atoms with E-state index < -0.39 is 0 Å². The molecule has 1 atom stereocenters. The topological polar surface area (TPSA) is 26.3 Å². The van der Waals surface area contributed by atoms with Gasteiger partial charge >= 0.3 is 5.97 Å². The van der Waals surface area contributed by atoms with Crippen LogP contribution in [0, 0.1) is 5.92 Å². The fourth-order valence-corrected chi connectivity index (χ4v) is 1.53. The van der Waals surface area contributed by atoms with Crippen molar-refractivity contribution in [2.45, 2.75) is 26.2 Å². The zero-order valence-electron chi connectivity index (χ0n) is 9.40. The Morgan fingerprint density at radius 3 is 2.60 bits per heavy atom. The first-order valence-electron chi connectivity index (χ1n) is 5.33. The molecule has 0 aromatic heterocycles. The van der Waals surface area contributed by atoms with Gasteiger partial charge in [0.05, 0.1) is 7.11 Å². The molecular weight excluding hydrogens is 188 g/mol. The lowest BCUT2D eigenvalue weighted by Gasteiger charge is -2.09. The summed E-state index contributed by atoms with van der Waals surface area (Å²) >= 11 is 0. The number of carbonyl (C=O) groups is 1. The molecule has 1 aromatic rings. The van der Waals surface area contributed by atoms with Crippen LogP contribution >= 0.6 is 0 Å². The summed E-state index contributed by atoms with van der Waals surface area (Å²) in [6, 6.07) is 10.3. The highest BCUT2D eigenvalue weighted by molar-refractivity contribution is 5.69. The van der Waals surface area contributed by atoms with Crippen molar-refractivity contribution in [1.29, 1.82) is 0 Å². The van der Waals surface area contributed by atoms with Crippen LogP contribution in [0.25, 0.3) is 0 Å². The maximum absolute atomic E-state index is 11.0. The SMILES string of the molecule is COC(=O)C[C@H](C)CCc1ccccc1. The Hall–Kier alpha value is -1.31. The molecule has 0 heterocycles. The fraction of sp³-hybridized carbons (Fsp3) is 0.462. The zero-order valence-corrected chi connectivity index (χ0v) is 9.40. The third-order valence-electron chi connectivity index (χ3n) is 2.51. The van der Waals surface area contributed by atoms with Crippen LogP contribution in [0.3, 0.4) is 0 Å². The number of hydrogen-bond acceptors (Lipinski definition) is 2. The predicted octanol–water partition coefficient (Wildman–Crippen LogP) is 2.82. The Morgan fingerprint density at radius 2 is 2.00 bits per heavy atom. The first-order valence-corrected chi connectivity index (χ1v) is 5.33. The molecule has 1 rings (SSSR count). The molecule has 15 heavy (non-hydrogen) atoms. The molecule has 0 unspecified atom stereocenters. The van der Waals surface area contributed by atoms with Gasteiger partial charge in [-0.15, -0.1) is 0 Å². The first-order chi connectivity index (χ1) is 7.22. The van der Waals surface area contributed by atoms with E-state index in [-0.39, 0.29) is 5.97 Å². The van der Waals surface area contributed by atoms with Gasteiger partial charge in [0.1, 0.15) is 0 Å². The van der Waals surface area contributed by atoms with Gasteiger partial charge in [0.2, 0.25) is 0 Å².